The Morgan fingerprint density at radius 1 is 1.35 bits per heavy atom. The molecule has 0 spiro atoms. The van der Waals surface area contributed by atoms with Crippen LogP contribution in [0.3, 0.4) is 0 Å². The summed E-state index contributed by atoms with van der Waals surface area (Å²) in [6.07, 6.45) is 0.777. The lowest BCUT2D eigenvalue weighted by Gasteiger charge is -2.16. The molecule has 2 N–H and O–H groups in total. The average molecular weight is 235 g/mol. The molecule has 0 heterocycles. The Kier molecular flexibility index (Phi) is 4.55. The van der Waals surface area contributed by atoms with Gasteiger partial charge in [-0.3, -0.25) is 0 Å². The number of aryl methyl sites for hydroxylation is 1. The predicted octanol–water partition coefficient (Wildman–Crippen LogP) is 3.17. The molecule has 1 unspecified atom stereocenters. The van der Waals surface area contributed by atoms with Crippen LogP contribution >= 0.6 is 0 Å². The van der Waals surface area contributed by atoms with Crippen molar-refractivity contribution in [3.63, 3.8) is 0 Å². The van der Waals surface area contributed by atoms with Crippen molar-refractivity contribution < 1.29 is 9.53 Å². The van der Waals surface area contributed by atoms with Crippen molar-refractivity contribution >= 4 is 11.7 Å². The first-order chi connectivity index (χ1) is 7.91. The van der Waals surface area contributed by atoms with E-state index in [0.29, 0.717) is 17.2 Å². The molecule has 1 aromatic carbocycles. The highest BCUT2D eigenvalue weighted by molar-refractivity contribution is 5.95. The summed E-state index contributed by atoms with van der Waals surface area (Å²) in [6.45, 7) is 7.99. The topological polar surface area (TPSA) is 52.3 Å². The zero-order valence-corrected chi connectivity index (χ0v) is 11.0. The van der Waals surface area contributed by atoms with Crippen molar-refractivity contribution in [1.82, 2.24) is 0 Å². The van der Waals surface area contributed by atoms with E-state index >= 15 is 0 Å². The number of nitrogens with two attached hydrogens (primary N) is 1. The van der Waals surface area contributed by atoms with E-state index in [1.54, 1.807) is 6.07 Å². The fourth-order valence-electron chi connectivity index (χ4n) is 1.82. The third kappa shape index (κ3) is 3.77. The molecule has 17 heavy (non-hydrogen) atoms. The Morgan fingerprint density at radius 3 is 2.59 bits per heavy atom. The largest absolute Gasteiger partial charge is 0.459 e. The number of nitrogen functional groups attached to an aromatic ring is 1. The van der Waals surface area contributed by atoms with Gasteiger partial charge in [0.1, 0.15) is 0 Å². The van der Waals surface area contributed by atoms with Gasteiger partial charge in [-0.15, -0.1) is 0 Å². The van der Waals surface area contributed by atoms with Crippen LogP contribution in [0.4, 0.5) is 5.69 Å². The SMILES string of the molecule is Cc1cccc(C(=O)OC(C)CC(C)C)c1N. The number of esters is 1. The van der Waals surface area contributed by atoms with Gasteiger partial charge in [-0.25, -0.2) is 4.79 Å². The molecule has 3 heteroatoms. The number of benzene rings is 1. The number of rotatable bonds is 4. The van der Waals surface area contributed by atoms with Gasteiger partial charge in [0.2, 0.25) is 0 Å². The second-order valence-corrected chi connectivity index (χ2v) is 4.88. The van der Waals surface area contributed by atoms with Crippen molar-refractivity contribution in [2.45, 2.75) is 40.2 Å². The molecule has 0 aromatic heterocycles. The van der Waals surface area contributed by atoms with Gasteiger partial charge in [0, 0.05) is 5.69 Å². The molecule has 0 saturated carbocycles. The lowest BCUT2D eigenvalue weighted by molar-refractivity contribution is 0.0301. The van der Waals surface area contributed by atoms with Crippen LogP contribution in [0.5, 0.6) is 0 Å². The van der Waals surface area contributed by atoms with Gasteiger partial charge in [0.25, 0.3) is 0 Å². The Balaban J connectivity index is 2.73. The van der Waals surface area contributed by atoms with Gasteiger partial charge >= 0.3 is 5.97 Å². The highest BCUT2D eigenvalue weighted by Gasteiger charge is 2.16. The maximum atomic E-state index is 11.9. The van der Waals surface area contributed by atoms with Gasteiger partial charge in [-0.05, 0) is 37.8 Å². The number of ether oxygens (including phenoxy) is 1. The van der Waals surface area contributed by atoms with Gasteiger partial charge in [0.15, 0.2) is 0 Å². The minimum absolute atomic E-state index is 0.0811. The van der Waals surface area contributed by atoms with E-state index in [1.807, 2.05) is 26.0 Å². The first kappa shape index (κ1) is 13.6. The normalized spacial score (nSPS) is 12.5. The lowest BCUT2D eigenvalue weighted by Crippen LogP contribution is -2.18. The summed E-state index contributed by atoms with van der Waals surface area (Å²) in [7, 11) is 0. The summed E-state index contributed by atoms with van der Waals surface area (Å²) in [5.41, 5.74) is 7.73. The van der Waals surface area contributed by atoms with E-state index in [9.17, 15) is 4.79 Å². The summed E-state index contributed by atoms with van der Waals surface area (Å²) >= 11 is 0. The van der Waals surface area contributed by atoms with E-state index in [4.69, 9.17) is 10.5 Å². The standard InChI is InChI=1S/C14H21NO2/c1-9(2)8-11(4)17-14(16)12-7-5-6-10(3)13(12)15/h5-7,9,11H,8,15H2,1-4H3. The Labute approximate surface area is 103 Å². The highest BCUT2D eigenvalue weighted by Crippen LogP contribution is 2.19. The van der Waals surface area contributed by atoms with Gasteiger partial charge in [-0.2, -0.15) is 0 Å². The molecule has 0 aliphatic rings. The monoisotopic (exact) mass is 235 g/mol. The van der Waals surface area contributed by atoms with Crippen molar-refractivity contribution in [3.05, 3.63) is 29.3 Å². The summed E-state index contributed by atoms with van der Waals surface area (Å²) in [5, 5.41) is 0. The minimum atomic E-state index is -0.334. The number of para-hydroxylation sites is 1. The van der Waals surface area contributed by atoms with Crippen molar-refractivity contribution in [3.8, 4) is 0 Å². The third-order valence-corrected chi connectivity index (χ3v) is 2.66. The van der Waals surface area contributed by atoms with Crippen LogP contribution in [0.1, 0.15) is 43.1 Å². The van der Waals surface area contributed by atoms with E-state index in [0.717, 1.165) is 12.0 Å². The number of anilines is 1. The van der Waals surface area contributed by atoms with E-state index < -0.39 is 0 Å². The fourth-order valence-corrected chi connectivity index (χ4v) is 1.82. The Bertz CT molecular complexity index is 399. The van der Waals surface area contributed by atoms with E-state index in [2.05, 4.69) is 13.8 Å². The molecule has 0 aliphatic heterocycles. The van der Waals surface area contributed by atoms with Gasteiger partial charge in [0.05, 0.1) is 11.7 Å². The van der Waals surface area contributed by atoms with Crippen molar-refractivity contribution in [2.24, 2.45) is 5.92 Å². The molecule has 0 radical (unpaired) electrons. The molecule has 0 bridgehead atoms. The Morgan fingerprint density at radius 2 is 2.00 bits per heavy atom. The molecular weight excluding hydrogens is 214 g/mol. The zero-order valence-electron chi connectivity index (χ0n) is 11.0. The molecule has 0 amide bonds. The Hall–Kier alpha value is -1.51. The van der Waals surface area contributed by atoms with Crippen LogP contribution < -0.4 is 5.73 Å². The van der Waals surface area contributed by atoms with Gasteiger partial charge in [-0.1, -0.05) is 26.0 Å². The molecule has 3 nitrogen and oxygen atoms in total. The molecule has 1 atom stereocenters. The number of carbonyl (C=O) groups excluding carboxylic acids is 1. The summed E-state index contributed by atoms with van der Waals surface area (Å²) in [4.78, 5) is 11.9. The van der Waals surface area contributed by atoms with Crippen LogP contribution in [-0.2, 0) is 4.74 Å². The summed E-state index contributed by atoms with van der Waals surface area (Å²) in [5.74, 6) is 0.173. The summed E-state index contributed by atoms with van der Waals surface area (Å²) < 4.78 is 5.36. The first-order valence-electron chi connectivity index (χ1n) is 5.98. The van der Waals surface area contributed by atoms with E-state index in [-0.39, 0.29) is 12.1 Å². The molecule has 1 aromatic rings. The van der Waals surface area contributed by atoms with Gasteiger partial charge < -0.3 is 10.5 Å². The molecular formula is C14H21NO2. The molecule has 0 aliphatic carbocycles. The second-order valence-electron chi connectivity index (χ2n) is 4.88. The van der Waals surface area contributed by atoms with Crippen LogP contribution in [0.2, 0.25) is 0 Å². The maximum absolute atomic E-state index is 11.9. The fraction of sp³-hybridized carbons (Fsp3) is 0.500. The summed E-state index contributed by atoms with van der Waals surface area (Å²) in [6, 6.07) is 5.39. The van der Waals surface area contributed by atoms with Crippen molar-refractivity contribution in [2.75, 3.05) is 5.73 Å². The minimum Gasteiger partial charge on any atom is -0.459 e. The molecule has 1 rings (SSSR count). The molecule has 0 saturated heterocycles. The molecule has 0 fully saturated rings. The van der Waals surface area contributed by atoms with Crippen LogP contribution in [0.15, 0.2) is 18.2 Å². The quantitative estimate of drug-likeness (QED) is 0.644. The third-order valence-electron chi connectivity index (χ3n) is 2.66. The molecule has 94 valence electrons. The maximum Gasteiger partial charge on any atom is 0.340 e. The smallest absolute Gasteiger partial charge is 0.340 e. The van der Waals surface area contributed by atoms with E-state index in [1.165, 1.54) is 0 Å². The number of hydrogen-bond donors (Lipinski definition) is 1. The van der Waals surface area contributed by atoms with Crippen LogP contribution in [0, 0.1) is 12.8 Å². The average Bonchev–Trinajstić information content (AvgIpc) is 2.20. The predicted molar refractivity (Wildman–Crippen MR) is 69.9 cm³/mol. The second kappa shape index (κ2) is 5.71. The number of hydrogen-bond acceptors (Lipinski definition) is 3. The number of carbonyl (C=O) groups is 1. The van der Waals surface area contributed by atoms with Crippen LogP contribution in [0.25, 0.3) is 0 Å². The first-order valence-corrected chi connectivity index (χ1v) is 5.98. The lowest BCUT2D eigenvalue weighted by atomic mass is 10.1. The van der Waals surface area contributed by atoms with Crippen LogP contribution in [-0.4, -0.2) is 12.1 Å². The zero-order chi connectivity index (χ0) is 13.0. The highest BCUT2D eigenvalue weighted by atomic mass is 16.5. The van der Waals surface area contributed by atoms with Crippen molar-refractivity contribution in [1.29, 1.82) is 0 Å².